The first-order valence-corrected chi connectivity index (χ1v) is 18.3. The standard InChI is InChI=1S/C44H44N2O7/c1-28(47)46-36-23-15-14-22-34(36)44(41(46)50)37(53-29(2)48)24-35-33(25-43(51-4,31-18-10-6-11-19-31)32-20-12-7-13-21-32)38-39(44)42(35,40(49)45(38)3)27-52-26-30-16-8-5-9-17-30/h5-23,33,35,37-39H,24-27H2,1-4H3/t33-,35-,37-,38-,39+,42-,44+/m0/s1. The number of likely N-dealkylation sites (tertiary alicyclic amines) is 1. The summed E-state index contributed by atoms with van der Waals surface area (Å²) in [6.07, 6.45) is -0.246. The Labute approximate surface area is 309 Å². The second-order valence-corrected chi connectivity index (χ2v) is 15.0. The lowest BCUT2D eigenvalue weighted by Crippen LogP contribution is -2.64. The summed E-state index contributed by atoms with van der Waals surface area (Å²) in [6.45, 7) is 3.04. The molecule has 0 N–H and O–H groups in total. The fourth-order valence-electron chi connectivity index (χ4n) is 10.9. The quantitative estimate of drug-likeness (QED) is 0.185. The van der Waals surface area contributed by atoms with Gasteiger partial charge in [0.05, 0.1) is 24.3 Å². The lowest BCUT2D eigenvalue weighted by Gasteiger charge is -2.52. The van der Waals surface area contributed by atoms with Gasteiger partial charge in [-0.2, -0.15) is 0 Å². The molecule has 4 aliphatic rings. The van der Waals surface area contributed by atoms with E-state index in [1.165, 1.54) is 18.7 Å². The van der Waals surface area contributed by atoms with Gasteiger partial charge in [-0.25, -0.2) is 4.90 Å². The van der Waals surface area contributed by atoms with Crippen molar-refractivity contribution in [2.24, 2.45) is 23.2 Å². The van der Waals surface area contributed by atoms with Crippen molar-refractivity contribution < 1.29 is 33.4 Å². The normalized spacial score (nSPS) is 28.4. The largest absolute Gasteiger partial charge is 0.461 e. The van der Waals surface area contributed by atoms with Gasteiger partial charge in [0.15, 0.2) is 0 Å². The fourth-order valence-corrected chi connectivity index (χ4v) is 10.9. The van der Waals surface area contributed by atoms with E-state index in [1.54, 1.807) is 24.1 Å². The molecule has 3 amide bonds. The first-order valence-electron chi connectivity index (χ1n) is 18.3. The Balaban J connectivity index is 1.36. The van der Waals surface area contributed by atoms with Gasteiger partial charge < -0.3 is 19.1 Å². The minimum Gasteiger partial charge on any atom is -0.461 e. The molecule has 2 saturated carbocycles. The number of carbonyl (C=O) groups is 4. The van der Waals surface area contributed by atoms with Crippen LogP contribution in [0.3, 0.4) is 0 Å². The van der Waals surface area contributed by atoms with Crippen LogP contribution in [0.25, 0.3) is 0 Å². The number of fused-ring (bicyclic) bond motifs is 2. The number of para-hydroxylation sites is 1. The Hall–Kier alpha value is -5.12. The molecular formula is C44H44N2O7. The zero-order chi connectivity index (χ0) is 37.1. The number of amides is 3. The second-order valence-electron chi connectivity index (χ2n) is 15.0. The van der Waals surface area contributed by atoms with Crippen LogP contribution in [0.2, 0.25) is 0 Å². The topological polar surface area (TPSA) is 102 Å². The van der Waals surface area contributed by atoms with Crippen LogP contribution in [0.15, 0.2) is 115 Å². The summed E-state index contributed by atoms with van der Waals surface area (Å²) in [5.74, 6) is -2.82. The van der Waals surface area contributed by atoms with E-state index in [2.05, 4.69) is 24.3 Å². The highest BCUT2D eigenvalue weighted by atomic mass is 16.5. The Morgan fingerprint density at radius 1 is 0.811 bits per heavy atom. The summed E-state index contributed by atoms with van der Waals surface area (Å²) in [7, 11) is 3.53. The molecule has 2 heterocycles. The van der Waals surface area contributed by atoms with Gasteiger partial charge in [0.2, 0.25) is 17.7 Å². The molecule has 0 unspecified atom stereocenters. The van der Waals surface area contributed by atoms with E-state index in [4.69, 9.17) is 14.2 Å². The molecule has 2 aliphatic heterocycles. The van der Waals surface area contributed by atoms with Crippen molar-refractivity contribution in [3.63, 3.8) is 0 Å². The first kappa shape index (κ1) is 34.9. The number of ether oxygens (including phenoxy) is 3. The SMILES string of the molecule is COC(C[C@@H]1[C@H]2[C@@H]3[C@@](COCc4ccccc4)(C(=O)N2C)[C@H]1C[C@H](OC(C)=O)[C@@]31C(=O)N(C(C)=O)c2ccccc21)(c1ccccc1)c1ccccc1. The maximum absolute atomic E-state index is 15.3. The first-order chi connectivity index (χ1) is 25.6. The van der Waals surface area contributed by atoms with Crippen LogP contribution < -0.4 is 4.90 Å². The highest BCUT2D eigenvalue weighted by Crippen LogP contribution is 2.73. The van der Waals surface area contributed by atoms with E-state index >= 15 is 9.59 Å². The lowest BCUT2D eigenvalue weighted by atomic mass is 9.51. The predicted octanol–water partition coefficient (Wildman–Crippen LogP) is 6.04. The zero-order valence-electron chi connectivity index (χ0n) is 30.4. The number of piperidine rings is 1. The predicted molar refractivity (Wildman–Crippen MR) is 197 cm³/mol. The Morgan fingerprint density at radius 2 is 1.40 bits per heavy atom. The monoisotopic (exact) mass is 712 g/mol. The molecule has 53 heavy (non-hydrogen) atoms. The van der Waals surface area contributed by atoms with Crippen molar-refractivity contribution >= 4 is 29.4 Å². The van der Waals surface area contributed by atoms with Crippen LogP contribution in [-0.4, -0.2) is 61.5 Å². The molecule has 4 aromatic carbocycles. The molecule has 272 valence electrons. The molecule has 0 radical (unpaired) electrons. The Morgan fingerprint density at radius 3 is 1.98 bits per heavy atom. The smallest absolute Gasteiger partial charge is 0.302 e. The molecule has 7 atom stereocenters. The van der Waals surface area contributed by atoms with Crippen LogP contribution in [-0.2, 0) is 51.0 Å². The number of benzene rings is 4. The van der Waals surface area contributed by atoms with E-state index in [-0.39, 0.29) is 37.4 Å². The molecule has 4 bridgehead atoms. The number of rotatable bonds is 10. The van der Waals surface area contributed by atoms with Gasteiger partial charge in [-0.05, 0) is 53.0 Å². The molecule has 4 aromatic rings. The fraction of sp³-hybridized carbons (Fsp3) is 0.364. The van der Waals surface area contributed by atoms with Crippen LogP contribution in [0.5, 0.6) is 0 Å². The number of esters is 1. The van der Waals surface area contributed by atoms with Gasteiger partial charge in [-0.1, -0.05) is 109 Å². The minimum absolute atomic E-state index is 0.0497. The number of nitrogens with zero attached hydrogens (tertiary/aromatic N) is 2. The zero-order valence-corrected chi connectivity index (χ0v) is 30.4. The van der Waals surface area contributed by atoms with Gasteiger partial charge in [0.1, 0.15) is 17.1 Å². The molecule has 1 saturated heterocycles. The molecule has 9 nitrogen and oxygen atoms in total. The van der Waals surface area contributed by atoms with E-state index in [0.29, 0.717) is 17.7 Å². The van der Waals surface area contributed by atoms with E-state index in [9.17, 15) is 9.59 Å². The second kappa shape index (κ2) is 13.1. The van der Waals surface area contributed by atoms with Crippen molar-refractivity contribution in [1.29, 1.82) is 0 Å². The van der Waals surface area contributed by atoms with Gasteiger partial charge in [-0.15, -0.1) is 0 Å². The van der Waals surface area contributed by atoms with Crippen molar-refractivity contribution in [2.45, 2.75) is 56.5 Å². The minimum atomic E-state index is -1.53. The summed E-state index contributed by atoms with van der Waals surface area (Å²) in [6, 6.07) is 36.8. The molecule has 3 fully saturated rings. The number of anilines is 1. The molecule has 0 aromatic heterocycles. The summed E-state index contributed by atoms with van der Waals surface area (Å²) in [4.78, 5) is 59.8. The van der Waals surface area contributed by atoms with Crippen molar-refractivity contribution in [3.8, 4) is 0 Å². The Bertz CT molecular complexity index is 2020. The molecule has 8 rings (SSSR count). The number of carbonyl (C=O) groups excluding carboxylic acids is 4. The highest BCUT2D eigenvalue weighted by Gasteiger charge is 2.84. The van der Waals surface area contributed by atoms with Crippen LogP contribution in [0, 0.1) is 23.2 Å². The van der Waals surface area contributed by atoms with Crippen LogP contribution in [0.1, 0.15) is 48.9 Å². The van der Waals surface area contributed by atoms with Crippen molar-refractivity contribution in [2.75, 3.05) is 25.7 Å². The highest BCUT2D eigenvalue weighted by molar-refractivity contribution is 6.23. The van der Waals surface area contributed by atoms with Gasteiger partial charge in [-0.3, -0.25) is 19.2 Å². The number of hydrogen-bond acceptors (Lipinski definition) is 7. The molecule has 1 spiro atoms. The van der Waals surface area contributed by atoms with Crippen LogP contribution in [0.4, 0.5) is 5.69 Å². The third kappa shape index (κ3) is 4.90. The van der Waals surface area contributed by atoms with E-state index in [1.807, 2.05) is 85.9 Å². The van der Waals surface area contributed by atoms with Gasteiger partial charge >= 0.3 is 5.97 Å². The molecule has 9 heteroatoms. The summed E-state index contributed by atoms with van der Waals surface area (Å²) in [5, 5.41) is 0. The summed E-state index contributed by atoms with van der Waals surface area (Å²) in [5.41, 5.74) is 0.305. The number of imide groups is 1. The van der Waals surface area contributed by atoms with Gasteiger partial charge in [0, 0.05) is 40.0 Å². The average molecular weight is 713 g/mol. The van der Waals surface area contributed by atoms with Crippen molar-refractivity contribution in [3.05, 3.63) is 138 Å². The molecule has 2 aliphatic carbocycles. The lowest BCUT2D eigenvalue weighted by molar-refractivity contribution is -0.175. The summed E-state index contributed by atoms with van der Waals surface area (Å²) < 4.78 is 19.5. The van der Waals surface area contributed by atoms with Crippen LogP contribution >= 0.6 is 0 Å². The maximum atomic E-state index is 15.3. The van der Waals surface area contributed by atoms with Gasteiger partial charge in [0.25, 0.3) is 0 Å². The van der Waals surface area contributed by atoms with E-state index in [0.717, 1.165) is 16.7 Å². The number of methoxy groups -OCH3 is 1. The van der Waals surface area contributed by atoms with Crippen molar-refractivity contribution in [1.82, 2.24) is 4.90 Å². The Kier molecular flexibility index (Phi) is 8.62. The summed E-state index contributed by atoms with van der Waals surface area (Å²) >= 11 is 0. The number of hydrogen-bond donors (Lipinski definition) is 0. The average Bonchev–Trinajstić information content (AvgIpc) is 3.64. The van der Waals surface area contributed by atoms with E-state index < -0.39 is 52.3 Å². The third-order valence-corrected chi connectivity index (χ3v) is 12.7. The third-order valence-electron chi connectivity index (χ3n) is 12.7. The molecular weight excluding hydrogens is 668 g/mol. The maximum Gasteiger partial charge on any atom is 0.302 e.